The van der Waals surface area contributed by atoms with Gasteiger partial charge in [-0.3, -0.25) is 33.0 Å². The minimum Gasteiger partial charge on any atom is -0.493 e. The number of rotatable bonds is 22. The van der Waals surface area contributed by atoms with Crippen molar-refractivity contribution >= 4 is 61.7 Å². The third-order valence-electron chi connectivity index (χ3n) is 14.7. The number of hydrogen-bond acceptors (Lipinski definition) is 14. The summed E-state index contributed by atoms with van der Waals surface area (Å²) in [6.07, 6.45) is 2.17. The fourth-order valence-electron chi connectivity index (χ4n) is 10.1. The van der Waals surface area contributed by atoms with E-state index in [1.54, 1.807) is 60.1 Å². The van der Waals surface area contributed by atoms with Crippen LogP contribution in [0.4, 0.5) is 5.69 Å². The third-order valence-corrected chi connectivity index (χ3v) is 17.0. The van der Waals surface area contributed by atoms with E-state index in [4.69, 9.17) is 14.2 Å². The van der Waals surface area contributed by atoms with Gasteiger partial charge in [-0.05, 0) is 100 Å². The molecule has 4 amide bonds. The van der Waals surface area contributed by atoms with E-state index in [1.807, 2.05) is 73.0 Å². The van der Waals surface area contributed by atoms with E-state index < -0.39 is 57.3 Å². The number of sulfonamides is 1. The highest BCUT2D eigenvalue weighted by Crippen LogP contribution is 2.38. The molecule has 22 heteroatoms. The van der Waals surface area contributed by atoms with Gasteiger partial charge in [0.2, 0.25) is 17.7 Å². The van der Waals surface area contributed by atoms with Crippen LogP contribution in [0.5, 0.6) is 23.0 Å². The molecule has 0 saturated carbocycles. The molecule has 0 spiro atoms. The number of amides is 4. The second-order valence-corrected chi connectivity index (χ2v) is 24.8. The van der Waals surface area contributed by atoms with Gasteiger partial charge in [0.15, 0.2) is 5.75 Å². The van der Waals surface area contributed by atoms with Crippen LogP contribution >= 0.6 is 11.3 Å². The molecule has 8 rings (SSSR count). The molecule has 0 aliphatic carbocycles. The molecule has 2 saturated heterocycles. The van der Waals surface area contributed by atoms with Crippen molar-refractivity contribution in [1.29, 1.82) is 0 Å². The number of piperidine rings is 1. The number of β-amino-alcohol motifs (C(OH)–C–C–N with tert-alkyl or cyclic N) is 1. The average molecular weight is 1150 g/mol. The number of aliphatic hydroxyl groups excluding tert-OH is 1. The average Bonchev–Trinajstić information content (AvgIpc) is 4.33. The summed E-state index contributed by atoms with van der Waals surface area (Å²) in [4.78, 5) is 79.6. The van der Waals surface area contributed by atoms with Crippen LogP contribution in [-0.2, 0) is 45.0 Å². The van der Waals surface area contributed by atoms with Gasteiger partial charge in [0.1, 0.15) is 29.3 Å². The molecule has 0 radical (unpaired) electrons. The van der Waals surface area contributed by atoms with Gasteiger partial charge in [-0.25, -0.2) is 18.2 Å². The summed E-state index contributed by atoms with van der Waals surface area (Å²) in [5, 5.41) is 16.7. The Morgan fingerprint density at radius 2 is 1.54 bits per heavy atom. The van der Waals surface area contributed by atoms with Gasteiger partial charge in [0, 0.05) is 82.4 Å². The fourth-order valence-corrected chi connectivity index (χ4v) is 12.0. The Morgan fingerprint density at radius 1 is 0.877 bits per heavy atom. The predicted molar refractivity (Wildman–Crippen MR) is 311 cm³/mol. The molecule has 4 N–H and O–H groups in total. The number of aliphatic hydroxyl groups is 1. The minimum absolute atomic E-state index is 0.0294. The number of carbonyl (C=O) groups excluding carboxylic acids is 4. The van der Waals surface area contributed by atoms with Gasteiger partial charge in [0.05, 0.1) is 57.0 Å². The summed E-state index contributed by atoms with van der Waals surface area (Å²) in [5.41, 5.74) is 4.59. The normalized spacial score (nSPS) is 16.4. The van der Waals surface area contributed by atoms with Crippen molar-refractivity contribution in [2.45, 2.75) is 103 Å². The number of nitrogens with one attached hydrogen (secondary N) is 3. The molecule has 434 valence electrons. The Balaban J connectivity index is 0.916. The number of nitrogens with zero attached hydrogens (tertiary/aromatic N) is 6. The van der Waals surface area contributed by atoms with E-state index in [0.29, 0.717) is 41.5 Å². The van der Waals surface area contributed by atoms with Crippen LogP contribution in [0, 0.1) is 18.3 Å². The fraction of sp³-hybridized carbons (Fsp3) is 0.458. The van der Waals surface area contributed by atoms with E-state index in [9.17, 15) is 37.5 Å². The number of aryl methyl sites for hydroxylation is 3. The first-order valence-electron chi connectivity index (χ1n) is 27.4. The number of benzene rings is 4. The number of aromatic nitrogens is 3. The number of likely N-dealkylation sites (tertiary alicyclic amines) is 2. The Labute approximate surface area is 477 Å². The van der Waals surface area contributed by atoms with Gasteiger partial charge < -0.3 is 44.7 Å². The van der Waals surface area contributed by atoms with Crippen molar-refractivity contribution in [3.63, 3.8) is 0 Å². The van der Waals surface area contributed by atoms with Crippen molar-refractivity contribution in [2.24, 2.45) is 25.4 Å². The highest BCUT2D eigenvalue weighted by molar-refractivity contribution is 7.92. The van der Waals surface area contributed by atoms with Crippen molar-refractivity contribution in [2.75, 3.05) is 58.2 Å². The first-order valence-corrected chi connectivity index (χ1v) is 29.8. The SMILES string of the molecule is CCCOc1cc(OCCCCN(C)C)cc(Oc2cc3c(cc2NS(=O)(=O)c2cccc(C(=O)N4CCC(C(=O)NC(C(=O)N5C[C@H](O)C[C@H]5C(=O)NCc5ccc(-c6scnc6C)cc5)C(C)(C)C)CC4)c2)n(C)c(=O)n3C)c1. The number of hydrogen-bond donors (Lipinski definition) is 4. The number of unbranched alkanes of at least 4 members (excludes halogenated alkanes) is 1. The van der Waals surface area contributed by atoms with Crippen molar-refractivity contribution < 1.29 is 46.9 Å². The lowest BCUT2D eigenvalue weighted by atomic mass is 9.84. The highest BCUT2D eigenvalue weighted by atomic mass is 32.2. The van der Waals surface area contributed by atoms with Crippen molar-refractivity contribution in [1.82, 2.24) is 39.5 Å². The number of anilines is 1. The van der Waals surface area contributed by atoms with E-state index >= 15 is 0 Å². The standard InChI is InChI=1S/C59H75N9O11S2/c1-10-25-77-43-29-44(78-26-12-11-22-64(6)7)31-45(30-43)79-51-33-49-48(65(8)58(74)66(49)9)32-47(51)63-81(75,76)46-15-13-14-41(27-46)56(72)67-23-20-40(21-24-67)54(70)62-53(59(3,4)5)57(73)68-35-42(69)28-50(68)55(71)60-34-38-16-18-39(19-17-38)52-37(2)61-36-80-52/h13-19,27,29-33,36,40,42,50,53,63,69H,10-12,20-26,28,34-35H2,1-9H3,(H,60,71)(H,62,70)/t42-,50+,53?/m1/s1. The molecule has 6 aromatic rings. The molecule has 81 heavy (non-hydrogen) atoms. The zero-order chi connectivity index (χ0) is 58.3. The van der Waals surface area contributed by atoms with Gasteiger partial charge in [-0.15, -0.1) is 11.3 Å². The molecule has 4 aromatic carbocycles. The van der Waals surface area contributed by atoms with Crippen LogP contribution in [0.2, 0.25) is 0 Å². The number of fused-ring (bicyclic) bond motifs is 1. The zero-order valence-corrected chi connectivity index (χ0v) is 49.2. The van der Waals surface area contributed by atoms with Gasteiger partial charge in [-0.1, -0.05) is 58.0 Å². The molecule has 0 bridgehead atoms. The number of carbonyl (C=O) groups is 4. The van der Waals surface area contributed by atoms with Crippen molar-refractivity contribution in [3.8, 4) is 33.4 Å². The molecule has 3 atom stereocenters. The van der Waals surface area contributed by atoms with Crippen molar-refractivity contribution in [3.05, 3.63) is 112 Å². The van der Waals surface area contributed by atoms with Gasteiger partial charge >= 0.3 is 5.69 Å². The molecular weight excluding hydrogens is 1070 g/mol. The topological polar surface area (TPSA) is 236 Å². The largest absolute Gasteiger partial charge is 0.493 e. The number of imidazole rings is 1. The van der Waals surface area contributed by atoms with Gasteiger partial charge in [0.25, 0.3) is 15.9 Å². The maximum absolute atomic E-state index is 14.4. The van der Waals surface area contributed by atoms with E-state index in [0.717, 1.165) is 47.5 Å². The lowest BCUT2D eigenvalue weighted by Crippen LogP contribution is -2.58. The molecule has 1 unspecified atom stereocenters. The second-order valence-electron chi connectivity index (χ2n) is 22.3. The van der Waals surface area contributed by atoms with Crippen LogP contribution in [0.15, 0.2) is 94.1 Å². The monoisotopic (exact) mass is 1150 g/mol. The summed E-state index contributed by atoms with van der Waals surface area (Å²) >= 11 is 1.55. The predicted octanol–water partition coefficient (Wildman–Crippen LogP) is 7.07. The summed E-state index contributed by atoms with van der Waals surface area (Å²) < 4.78 is 52.8. The van der Waals surface area contributed by atoms with Crippen LogP contribution < -0.4 is 35.3 Å². The first-order chi connectivity index (χ1) is 38.5. The molecule has 20 nitrogen and oxygen atoms in total. The summed E-state index contributed by atoms with van der Waals surface area (Å²) in [6.45, 7) is 11.7. The van der Waals surface area contributed by atoms with E-state index in [2.05, 4.69) is 25.2 Å². The Morgan fingerprint density at radius 3 is 2.19 bits per heavy atom. The van der Waals surface area contributed by atoms with Crippen LogP contribution in [0.1, 0.15) is 87.8 Å². The van der Waals surface area contributed by atoms with Crippen LogP contribution in [0.3, 0.4) is 0 Å². The van der Waals surface area contributed by atoms with E-state index in [1.165, 1.54) is 44.4 Å². The Bertz CT molecular complexity index is 3410. The molecule has 2 aliphatic rings. The molecule has 4 heterocycles. The summed E-state index contributed by atoms with van der Waals surface area (Å²) in [7, 11) is 2.82. The quantitative estimate of drug-likeness (QED) is 0.0499. The molecule has 2 fully saturated rings. The Kier molecular flexibility index (Phi) is 19.0. The van der Waals surface area contributed by atoms with Gasteiger partial charge in [-0.2, -0.15) is 0 Å². The molecule has 2 aliphatic heterocycles. The first kappa shape index (κ1) is 59.8. The third kappa shape index (κ3) is 14.4. The highest BCUT2D eigenvalue weighted by Gasteiger charge is 2.45. The summed E-state index contributed by atoms with van der Waals surface area (Å²) in [5.74, 6) is -0.853. The van der Waals surface area contributed by atoms with E-state index in [-0.39, 0.29) is 78.9 Å². The smallest absolute Gasteiger partial charge is 0.328 e. The maximum Gasteiger partial charge on any atom is 0.328 e. The second kappa shape index (κ2) is 25.7. The number of thiazole rings is 1. The number of ether oxygens (including phenoxy) is 3. The summed E-state index contributed by atoms with van der Waals surface area (Å²) in [6, 6.07) is 19.8. The van der Waals surface area contributed by atoms with Crippen LogP contribution in [-0.4, -0.2) is 138 Å². The lowest BCUT2D eigenvalue weighted by molar-refractivity contribution is -0.144. The lowest BCUT2D eigenvalue weighted by Gasteiger charge is -2.37. The molecule has 2 aromatic heterocycles. The zero-order valence-electron chi connectivity index (χ0n) is 47.6. The minimum atomic E-state index is -4.41. The maximum atomic E-state index is 14.4. The Hall–Kier alpha value is -7.27. The molecular formula is C59H75N9O11S2. The van der Waals surface area contributed by atoms with Crippen LogP contribution in [0.25, 0.3) is 21.5 Å².